The van der Waals surface area contributed by atoms with Crippen LogP contribution >= 0.6 is 11.6 Å². The number of nitrogens with one attached hydrogen (secondary N) is 1. The summed E-state index contributed by atoms with van der Waals surface area (Å²) in [6.07, 6.45) is 1.29. The van der Waals surface area contributed by atoms with E-state index < -0.39 is 15.4 Å². The second kappa shape index (κ2) is 6.97. The Kier molecular flexibility index (Phi) is 4.88. The van der Waals surface area contributed by atoms with Gasteiger partial charge in [-0.3, -0.25) is 10.2 Å². The molecule has 9 heteroatoms. The van der Waals surface area contributed by atoms with E-state index >= 15 is 0 Å². The number of rotatable bonds is 5. The van der Waals surface area contributed by atoms with E-state index in [0.29, 0.717) is 21.7 Å². The van der Waals surface area contributed by atoms with Crippen LogP contribution < -0.4 is 15.7 Å². The van der Waals surface area contributed by atoms with Crippen LogP contribution in [0.5, 0.6) is 5.75 Å². The monoisotopic (exact) mass is 393 g/mol. The van der Waals surface area contributed by atoms with E-state index in [1.54, 1.807) is 25.1 Å². The Morgan fingerprint density at radius 1 is 1.23 bits per heavy atom. The fraction of sp³-hybridized carbons (Fsp3) is 0.176. The number of aromatic nitrogens is 2. The number of hydrogen-bond acceptors (Lipinski definition) is 6. The fourth-order valence-corrected chi connectivity index (χ4v) is 3.65. The molecule has 26 heavy (non-hydrogen) atoms. The summed E-state index contributed by atoms with van der Waals surface area (Å²) in [4.78, 5) is 17.0. The molecule has 1 N–H and O–H groups in total. The molecule has 3 rings (SSSR count). The second-order valence-corrected chi connectivity index (χ2v) is 8.14. The Balaban J connectivity index is 2.14. The van der Waals surface area contributed by atoms with Crippen LogP contribution in [0.3, 0.4) is 0 Å². The molecule has 3 aromatic rings. The van der Waals surface area contributed by atoms with Gasteiger partial charge in [-0.05, 0) is 36.4 Å². The van der Waals surface area contributed by atoms with Gasteiger partial charge in [-0.25, -0.2) is 18.1 Å². The normalized spacial score (nSPS) is 11.5. The number of hydrogen-bond donors (Lipinski definition) is 1. The van der Waals surface area contributed by atoms with E-state index in [-0.39, 0.29) is 16.3 Å². The Morgan fingerprint density at radius 2 is 2.00 bits per heavy atom. The molecule has 0 saturated heterocycles. The van der Waals surface area contributed by atoms with E-state index in [4.69, 9.17) is 16.3 Å². The molecule has 0 atom stereocenters. The molecule has 1 heterocycles. The van der Waals surface area contributed by atoms with Crippen molar-refractivity contribution in [2.75, 3.05) is 18.3 Å². The Bertz CT molecular complexity index is 1140. The third-order valence-electron chi connectivity index (χ3n) is 3.86. The zero-order chi connectivity index (χ0) is 18.9. The summed E-state index contributed by atoms with van der Waals surface area (Å²) in [5.74, 6) is 0.442. The molecule has 136 valence electrons. The molecule has 0 aliphatic heterocycles. The summed E-state index contributed by atoms with van der Waals surface area (Å²) in [5.41, 5.74) is 3.10. The van der Waals surface area contributed by atoms with Crippen LogP contribution in [0.15, 0.2) is 52.4 Å². The number of methoxy groups -OCH3 is 1. The number of sulfone groups is 1. The van der Waals surface area contributed by atoms with Crippen LogP contribution in [-0.2, 0) is 9.84 Å². The van der Waals surface area contributed by atoms with Crippen molar-refractivity contribution in [3.63, 3.8) is 0 Å². The average Bonchev–Trinajstić information content (AvgIpc) is 2.63. The summed E-state index contributed by atoms with van der Waals surface area (Å²) >= 11 is 6.00. The van der Waals surface area contributed by atoms with Crippen LogP contribution in [0.4, 0.5) is 5.69 Å². The summed E-state index contributed by atoms with van der Waals surface area (Å²) in [6.45, 7) is 1.55. The molecule has 0 amide bonds. The van der Waals surface area contributed by atoms with Crippen LogP contribution in [0.2, 0.25) is 5.02 Å². The quantitative estimate of drug-likeness (QED) is 0.716. The second-order valence-electron chi connectivity index (χ2n) is 5.46. The van der Waals surface area contributed by atoms with Crippen molar-refractivity contribution in [2.24, 2.45) is 0 Å². The summed E-state index contributed by atoms with van der Waals surface area (Å²) in [7, 11) is -2.01. The van der Waals surface area contributed by atoms with Gasteiger partial charge in [-0.1, -0.05) is 18.5 Å². The van der Waals surface area contributed by atoms with Gasteiger partial charge in [0, 0.05) is 5.02 Å². The Labute approximate surface area is 155 Å². The fourth-order valence-electron chi connectivity index (χ4n) is 2.45. The smallest absolute Gasteiger partial charge is 0.280 e. The minimum atomic E-state index is -3.51. The van der Waals surface area contributed by atoms with Gasteiger partial charge in [0.2, 0.25) is 0 Å². The van der Waals surface area contributed by atoms with Crippen molar-refractivity contribution in [1.29, 1.82) is 0 Å². The maximum Gasteiger partial charge on any atom is 0.280 e. The predicted octanol–water partition coefficient (Wildman–Crippen LogP) is 2.73. The highest BCUT2D eigenvalue weighted by Crippen LogP contribution is 2.26. The van der Waals surface area contributed by atoms with Crippen molar-refractivity contribution >= 4 is 38.0 Å². The lowest BCUT2D eigenvalue weighted by Crippen LogP contribution is -2.27. The van der Waals surface area contributed by atoms with Crippen LogP contribution in [0, 0.1) is 0 Å². The molecule has 0 spiro atoms. The van der Waals surface area contributed by atoms with E-state index in [2.05, 4.69) is 10.4 Å². The summed E-state index contributed by atoms with van der Waals surface area (Å²) < 4.78 is 30.9. The maximum absolute atomic E-state index is 12.7. The standard InChI is InChI=1S/C17H16ClN3O4S/c1-3-26(23,24)16-7-4-11(18)8-15(16)20-21-10-19-14-6-5-12(25-2)9-13(14)17(21)22/h4-10,20H,3H2,1-2H3. The molecule has 0 aliphatic carbocycles. The van der Waals surface area contributed by atoms with E-state index in [1.165, 1.54) is 31.6 Å². The summed E-state index contributed by atoms with van der Waals surface area (Å²) in [5, 5.41) is 0.673. The predicted molar refractivity (Wildman–Crippen MR) is 101 cm³/mol. The van der Waals surface area contributed by atoms with Crippen molar-refractivity contribution in [3.05, 3.63) is 58.1 Å². The highest BCUT2D eigenvalue weighted by atomic mass is 35.5. The lowest BCUT2D eigenvalue weighted by Gasteiger charge is -2.14. The van der Waals surface area contributed by atoms with Gasteiger partial charge in [-0.2, -0.15) is 0 Å². The lowest BCUT2D eigenvalue weighted by molar-refractivity contribution is 0.415. The van der Waals surface area contributed by atoms with Gasteiger partial charge < -0.3 is 4.74 Å². The zero-order valence-electron chi connectivity index (χ0n) is 14.1. The molecule has 0 fully saturated rings. The highest BCUT2D eigenvalue weighted by molar-refractivity contribution is 7.91. The molecule has 0 bridgehead atoms. The highest BCUT2D eigenvalue weighted by Gasteiger charge is 2.18. The molecular formula is C17H16ClN3O4S. The molecule has 0 radical (unpaired) electrons. The minimum Gasteiger partial charge on any atom is -0.497 e. The molecule has 2 aromatic carbocycles. The van der Waals surface area contributed by atoms with Crippen molar-refractivity contribution in [1.82, 2.24) is 9.66 Å². The lowest BCUT2D eigenvalue weighted by atomic mass is 10.2. The zero-order valence-corrected chi connectivity index (χ0v) is 15.6. The van der Waals surface area contributed by atoms with Crippen molar-refractivity contribution < 1.29 is 13.2 Å². The third kappa shape index (κ3) is 3.38. The molecular weight excluding hydrogens is 378 g/mol. The largest absolute Gasteiger partial charge is 0.497 e. The number of nitrogens with zero attached hydrogens (tertiary/aromatic N) is 2. The first-order valence-electron chi connectivity index (χ1n) is 7.70. The van der Waals surface area contributed by atoms with E-state index in [1.807, 2.05) is 0 Å². The van der Waals surface area contributed by atoms with Gasteiger partial charge in [-0.15, -0.1) is 0 Å². The molecule has 0 aliphatic rings. The topological polar surface area (TPSA) is 90.3 Å². The van der Waals surface area contributed by atoms with Crippen LogP contribution in [-0.4, -0.2) is 30.9 Å². The van der Waals surface area contributed by atoms with Crippen LogP contribution in [0.1, 0.15) is 6.92 Å². The van der Waals surface area contributed by atoms with E-state index in [0.717, 1.165) is 4.68 Å². The molecule has 0 saturated carbocycles. The molecule has 0 unspecified atom stereocenters. The third-order valence-corrected chi connectivity index (χ3v) is 5.88. The van der Waals surface area contributed by atoms with Gasteiger partial charge in [0.25, 0.3) is 5.56 Å². The summed E-state index contributed by atoms with van der Waals surface area (Å²) in [6, 6.07) is 9.30. The van der Waals surface area contributed by atoms with E-state index in [9.17, 15) is 13.2 Å². The SMILES string of the molecule is CCS(=O)(=O)c1ccc(Cl)cc1Nn1cnc2ccc(OC)cc2c1=O. The first-order chi connectivity index (χ1) is 12.4. The molecule has 7 nitrogen and oxygen atoms in total. The number of anilines is 1. The first kappa shape index (κ1) is 18.2. The number of fused-ring (bicyclic) bond motifs is 1. The Morgan fingerprint density at radius 3 is 2.69 bits per heavy atom. The average molecular weight is 394 g/mol. The maximum atomic E-state index is 12.7. The molecule has 1 aromatic heterocycles. The van der Waals surface area contributed by atoms with Crippen molar-refractivity contribution in [2.45, 2.75) is 11.8 Å². The van der Waals surface area contributed by atoms with Gasteiger partial charge in [0.05, 0.1) is 34.3 Å². The number of benzene rings is 2. The van der Waals surface area contributed by atoms with Crippen LogP contribution in [0.25, 0.3) is 10.9 Å². The first-order valence-corrected chi connectivity index (χ1v) is 9.73. The number of ether oxygens (including phenoxy) is 1. The Hall–Kier alpha value is -2.58. The van der Waals surface area contributed by atoms with Crippen molar-refractivity contribution in [3.8, 4) is 5.75 Å². The van der Waals surface area contributed by atoms with Gasteiger partial charge in [0.15, 0.2) is 9.84 Å². The minimum absolute atomic E-state index is 0.0574. The van der Waals surface area contributed by atoms with Gasteiger partial charge >= 0.3 is 0 Å². The number of halogens is 1. The van der Waals surface area contributed by atoms with Gasteiger partial charge in [0.1, 0.15) is 12.1 Å².